The third-order valence-electron chi connectivity index (χ3n) is 12.9. The minimum absolute atomic E-state index is 0.0599. The molecule has 2 aliphatic rings. The lowest BCUT2D eigenvalue weighted by atomic mass is 9.95. The number of hydrogen-bond acceptors (Lipinski definition) is 11. The highest BCUT2D eigenvalue weighted by Crippen LogP contribution is 2.43. The van der Waals surface area contributed by atoms with E-state index in [-0.39, 0.29) is 39.4 Å². The topological polar surface area (TPSA) is 130 Å². The summed E-state index contributed by atoms with van der Waals surface area (Å²) in [4.78, 5) is 19.2. The lowest BCUT2D eigenvalue weighted by Gasteiger charge is -2.37. The number of alkyl halides is 3. The molecule has 2 aliphatic heterocycles. The number of thioether (sulfide) groups is 1. The van der Waals surface area contributed by atoms with Crippen molar-refractivity contribution in [2.75, 3.05) is 71.4 Å². The Hall–Kier alpha value is -5.44. The Bertz CT molecular complexity index is 2950. The molecule has 20 heteroatoms. The number of aliphatic hydroxyl groups is 1. The monoisotopic (exact) mass is 1050 g/mol. The van der Waals surface area contributed by atoms with Gasteiger partial charge in [0.25, 0.3) is 9.84 Å². The van der Waals surface area contributed by atoms with Crippen molar-refractivity contribution in [3.05, 3.63) is 137 Å². The van der Waals surface area contributed by atoms with Crippen molar-refractivity contribution in [3.63, 3.8) is 0 Å². The average Bonchev–Trinajstić information content (AvgIpc) is 3.62. The number of carboxylic acids is 1. The van der Waals surface area contributed by atoms with Crippen LogP contribution in [0.4, 0.5) is 44.7 Å². The standard InChI is InChI=1S/C51H52ClF5N6O5S3/c1-32-46(50(65)66)47(49(60(32)2)33-8-10-34(52)11-9-33)42-28-38(29-43(53)48(42)54)63-26-24-62(25-27-63)37-14-12-35(13-15-37)59-70-41-16-17-44(45(30-41)71(67,68)51(55,56)57)58-36(31-69-40-6-4-3-5-7-40)18-21-61-22-19-39(64)20-23-61/h3-17,28-30,36,39,58-59,64H,18-27,31H2,1-2H3,(H,65,66)/t36-/m1/s1. The molecule has 0 unspecified atom stereocenters. The molecule has 3 heterocycles. The number of nitrogens with one attached hydrogen (secondary N) is 2. The molecule has 0 spiro atoms. The zero-order valence-corrected chi connectivity index (χ0v) is 41.9. The van der Waals surface area contributed by atoms with E-state index in [1.165, 1.54) is 23.9 Å². The van der Waals surface area contributed by atoms with Gasteiger partial charge < -0.3 is 39.5 Å². The number of carboxylic acid groups (broad SMARTS) is 1. The fourth-order valence-electron chi connectivity index (χ4n) is 8.94. The molecule has 0 amide bonds. The number of piperidine rings is 1. The fourth-order valence-corrected chi connectivity index (χ4v) is 11.8. The Morgan fingerprint density at radius 3 is 2.13 bits per heavy atom. The van der Waals surface area contributed by atoms with Gasteiger partial charge in [-0.15, -0.1) is 11.8 Å². The van der Waals surface area contributed by atoms with Gasteiger partial charge in [-0.1, -0.05) is 41.9 Å². The van der Waals surface area contributed by atoms with E-state index in [2.05, 4.69) is 19.8 Å². The number of aromatic nitrogens is 1. The maximum absolute atomic E-state index is 15.9. The van der Waals surface area contributed by atoms with Crippen molar-refractivity contribution in [2.45, 2.75) is 58.5 Å². The van der Waals surface area contributed by atoms with E-state index >= 15 is 8.78 Å². The number of aromatic carboxylic acids is 1. The van der Waals surface area contributed by atoms with Crippen LogP contribution in [0.1, 0.15) is 35.3 Å². The molecule has 0 bridgehead atoms. The van der Waals surface area contributed by atoms with Crippen molar-refractivity contribution >= 4 is 73.9 Å². The number of rotatable bonds is 17. The minimum Gasteiger partial charge on any atom is -0.478 e. The van der Waals surface area contributed by atoms with Gasteiger partial charge >= 0.3 is 11.5 Å². The maximum atomic E-state index is 15.9. The first kappa shape index (κ1) is 51.9. The van der Waals surface area contributed by atoms with Gasteiger partial charge in [-0.3, -0.25) is 0 Å². The van der Waals surface area contributed by atoms with Crippen molar-refractivity contribution < 1.29 is 45.4 Å². The lowest BCUT2D eigenvalue weighted by molar-refractivity contribution is -0.0435. The summed E-state index contributed by atoms with van der Waals surface area (Å²) < 4.78 is 105. The van der Waals surface area contributed by atoms with Crippen LogP contribution in [0.5, 0.6) is 0 Å². The Morgan fingerprint density at radius 1 is 0.845 bits per heavy atom. The first-order valence-corrected chi connectivity index (χ1v) is 26.5. The first-order valence-electron chi connectivity index (χ1n) is 22.9. The van der Waals surface area contributed by atoms with E-state index < -0.39 is 37.8 Å². The molecule has 1 atom stereocenters. The smallest absolute Gasteiger partial charge is 0.478 e. The van der Waals surface area contributed by atoms with E-state index in [1.807, 2.05) is 47.4 Å². The number of anilines is 4. The zero-order valence-electron chi connectivity index (χ0n) is 38.7. The SMILES string of the molecule is Cc1c(C(=O)O)c(-c2cc(N3CCN(c4ccc(NSc5ccc(N[C@H](CCN6CCC(O)CC6)CSc6ccccc6)c(S(=O)(=O)C(F)(F)F)c5)cc4)CC3)cc(F)c2F)c(-c2ccc(Cl)cc2)n1C. The van der Waals surface area contributed by atoms with Crippen LogP contribution in [0.15, 0.2) is 124 Å². The van der Waals surface area contributed by atoms with Gasteiger partial charge in [0.05, 0.1) is 23.0 Å². The number of aliphatic hydroxyl groups excluding tert-OH is 1. The van der Waals surface area contributed by atoms with Crippen LogP contribution in [0.3, 0.4) is 0 Å². The van der Waals surface area contributed by atoms with Crippen molar-refractivity contribution in [2.24, 2.45) is 7.05 Å². The minimum atomic E-state index is -5.76. The molecular formula is C51H52ClF5N6O5S3. The van der Waals surface area contributed by atoms with Crippen LogP contribution in [0.25, 0.3) is 22.4 Å². The highest BCUT2D eigenvalue weighted by molar-refractivity contribution is 8.00. The van der Waals surface area contributed by atoms with Crippen LogP contribution in [-0.4, -0.2) is 103 Å². The summed E-state index contributed by atoms with van der Waals surface area (Å²) in [5.74, 6) is -3.09. The van der Waals surface area contributed by atoms with Gasteiger partial charge in [0.15, 0.2) is 11.6 Å². The van der Waals surface area contributed by atoms with Crippen molar-refractivity contribution in [3.8, 4) is 22.4 Å². The predicted octanol–water partition coefficient (Wildman–Crippen LogP) is 11.5. The highest BCUT2D eigenvalue weighted by Gasteiger charge is 2.48. The predicted molar refractivity (Wildman–Crippen MR) is 274 cm³/mol. The Morgan fingerprint density at radius 2 is 1.49 bits per heavy atom. The van der Waals surface area contributed by atoms with E-state index in [9.17, 15) is 36.6 Å². The molecule has 6 aromatic rings. The number of hydrogen-bond donors (Lipinski definition) is 4. The molecule has 0 aliphatic carbocycles. The van der Waals surface area contributed by atoms with Gasteiger partial charge in [-0.2, -0.15) is 13.2 Å². The number of carbonyl (C=O) groups is 1. The van der Waals surface area contributed by atoms with Gasteiger partial charge in [0, 0.05) is 119 Å². The summed E-state index contributed by atoms with van der Waals surface area (Å²) in [5.41, 5.74) is -2.74. The summed E-state index contributed by atoms with van der Waals surface area (Å²) >= 11 is 8.62. The number of piperazine rings is 1. The maximum Gasteiger partial charge on any atom is 0.501 e. The van der Waals surface area contributed by atoms with Crippen LogP contribution >= 0.6 is 35.3 Å². The molecule has 4 N–H and O–H groups in total. The second-order valence-corrected chi connectivity index (χ2v) is 21.8. The molecule has 5 aromatic carbocycles. The zero-order chi connectivity index (χ0) is 50.6. The molecule has 8 rings (SSSR count). The summed E-state index contributed by atoms with van der Waals surface area (Å²) in [6.45, 7) is 5.47. The molecule has 71 heavy (non-hydrogen) atoms. The fraction of sp³-hybridized carbons (Fsp3) is 0.314. The van der Waals surface area contributed by atoms with E-state index in [4.69, 9.17) is 11.6 Å². The number of sulfone groups is 1. The number of nitrogens with zero attached hydrogens (tertiary/aromatic N) is 4. The van der Waals surface area contributed by atoms with E-state index in [0.29, 0.717) is 104 Å². The third-order valence-corrected chi connectivity index (χ3v) is 16.7. The largest absolute Gasteiger partial charge is 0.501 e. The van der Waals surface area contributed by atoms with E-state index in [1.54, 1.807) is 61.0 Å². The van der Waals surface area contributed by atoms with Crippen molar-refractivity contribution in [1.82, 2.24) is 9.47 Å². The van der Waals surface area contributed by atoms with Crippen LogP contribution in [0, 0.1) is 18.6 Å². The van der Waals surface area contributed by atoms with Crippen molar-refractivity contribution in [1.29, 1.82) is 0 Å². The number of halogens is 6. The summed E-state index contributed by atoms with van der Waals surface area (Å²) in [5, 5.41) is 23.9. The summed E-state index contributed by atoms with van der Waals surface area (Å²) in [6.07, 6.45) is 1.44. The molecule has 2 fully saturated rings. The second-order valence-electron chi connectivity index (χ2n) is 17.5. The van der Waals surface area contributed by atoms with Gasteiger partial charge in [0.1, 0.15) is 4.90 Å². The Labute approximate surface area is 423 Å². The third kappa shape index (κ3) is 11.9. The van der Waals surface area contributed by atoms with Gasteiger partial charge in [-0.25, -0.2) is 22.0 Å². The first-order chi connectivity index (χ1) is 33.9. The Kier molecular flexibility index (Phi) is 16.2. The van der Waals surface area contributed by atoms with Crippen LogP contribution in [0.2, 0.25) is 5.02 Å². The number of benzene rings is 5. The molecular weight excluding hydrogens is 1000 g/mol. The molecule has 0 saturated carbocycles. The molecule has 0 radical (unpaired) electrons. The molecule has 2 saturated heterocycles. The average molecular weight is 1060 g/mol. The molecule has 1 aromatic heterocycles. The summed E-state index contributed by atoms with van der Waals surface area (Å²) in [7, 11) is -4.09. The van der Waals surface area contributed by atoms with Crippen LogP contribution < -0.4 is 19.8 Å². The second kappa shape index (κ2) is 22.1. The Balaban J connectivity index is 0.944. The van der Waals surface area contributed by atoms with E-state index in [0.717, 1.165) is 34.7 Å². The van der Waals surface area contributed by atoms with Gasteiger partial charge in [-0.05, 0) is 116 Å². The lowest BCUT2D eigenvalue weighted by Crippen LogP contribution is -2.46. The molecule has 376 valence electrons. The quantitative estimate of drug-likeness (QED) is 0.0394. The summed E-state index contributed by atoms with van der Waals surface area (Å²) in [6, 6.07) is 29.7. The van der Waals surface area contributed by atoms with Gasteiger partial charge in [0.2, 0.25) is 0 Å². The van der Waals surface area contributed by atoms with Crippen LogP contribution in [-0.2, 0) is 16.9 Å². The number of likely N-dealkylation sites (tertiary alicyclic amines) is 1. The highest BCUT2D eigenvalue weighted by atomic mass is 35.5. The molecule has 11 nitrogen and oxygen atoms in total. The normalized spacial score (nSPS) is 15.5.